The minimum atomic E-state index is -0.481. The number of carbonyl (C=O) groups excluding carboxylic acids is 1. The quantitative estimate of drug-likeness (QED) is 0.857. The number of nitrogen functional groups attached to an aromatic ring is 1. The van der Waals surface area contributed by atoms with E-state index in [1.54, 1.807) is 0 Å². The summed E-state index contributed by atoms with van der Waals surface area (Å²) in [5.74, 6) is -0.481. The molecule has 6 nitrogen and oxygen atoms in total. The Morgan fingerprint density at radius 2 is 2.28 bits per heavy atom. The van der Waals surface area contributed by atoms with Crippen LogP contribution in [0.2, 0.25) is 0 Å². The van der Waals surface area contributed by atoms with Gasteiger partial charge in [0.25, 0.3) is 0 Å². The van der Waals surface area contributed by atoms with E-state index in [2.05, 4.69) is 19.9 Å². The fourth-order valence-electron chi connectivity index (χ4n) is 1.23. The predicted molar refractivity (Wildman–Crippen MR) is 68.8 cm³/mol. The van der Waals surface area contributed by atoms with Gasteiger partial charge in [-0.1, -0.05) is 11.3 Å². The van der Waals surface area contributed by atoms with Crippen molar-refractivity contribution in [3.05, 3.63) is 22.8 Å². The van der Waals surface area contributed by atoms with Gasteiger partial charge in [0.05, 0.1) is 18.4 Å². The third kappa shape index (κ3) is 2.59. The Kier molecular flexibility index (Phi) is 3.78. The first-order valence-corrected chi connectivity index (χ1v) is 6.56. The summed E-state index contributed by atoms with van der Waals surface area (Å²) in [6.07, 6.45) is 1.51. The van der Waals surface area contributed by atoms with E-state index in [0.29, 0.717) is 16.3 Å². The van der Waals surface area contributed by atoms with E-state index in [-0.39, 0.29) is 0 Å². The molecule has 0 radical (unpaired) electrons. The summed E-state index contributed by atoms with van der Waals surface area (Å²) >= 11 is 2.72. The molecule has 0 bridgehead atoms. The summed E-state index contributed by atoms with van der Waals surface area (Å²) in [5, 5.41) is 9.25. The maximum atomic E-state index is 11.5. The Morgan fingerprint density at radius 3 is 2.89 bits per heavy atom. The summed E-state index contributed by atoms with van der Waals surface area (Å²) in [6.45, 7) is 1.86. The molecule has 0 saturated heterocycles. The highest BCUT2D eigenvalue weighted by Gasteiger charge is 2.15. The van der Waals surface area contributed by atoms with Crippen molar-refractivity contribution in [2.45, 2.75) is 16.3 Å². The van der Waals surface area contributed by atoms with Crippen LogP contribution in [0.25, 0.3) is 0 Å². The molecule has 0 atom stereocenters. The molecule has 0 aromatic carbocycles. The van der Waals surface area contributed by atoms with E-state index in [9.17, 15) is 4.79 Å². The number of rotatable bonds is 3. The van der Waals surface area contributed by atoms with Crippen molar-refractivity contribution >= 4 is 34.8 Å². The number of nitrogens with two attached hydrogens (primary N) is 1. The average molecular weight is 282 g/mol. The van der Waals surface area contributed by atoms with Crippen LogP contribution < -0.4 is 5.73 Å². The largest absolute Gasteiger partial charge is 0.465 e. The lowest BCUT2D eigenvalue weighted by Crippen LogP contribution is -2.07. The third-order valence-corrected chi connectivity index (χ3v) is 3.96. The van der Waals surface area contributed by atoms with Crippen LogP contribution in [0.5, 0.6) is 0 Å². The molecule has 0 spiro atoms. The molecule has 0 fully saturated rings. The molecule has 94 valence electrons. The highest BCUT2D eigenvalue weighted by Crippen LogP contribution is 2.33. The number of anilines is 1. The van der Waals surface area contributed by atoms with Crippen LogP contribution in [0.15, 0.2) is 21.6 Å². The SMILES string of the molecule is COC(=O)c1ccnc(Sc2nnc(C)s2)c1N. The summed E-state index contributed by atoms with van der Waals surface area (Å²) < 4.78 is 5.38. The number of esters is 1. The Balaban J connectivity index is 2.31. The molecule has 0 aliphatic rings. The summed E-state index contributed by atoms with van der Waals surface area (Å²) in [7, 11) is 1.31. The lowest BCUT2D eigenvalue weighted by Gasteiger charge is -2.06. The number of aryl methyl sites for hydroxylation is 1. The van der Waals surface area contributed by atoms with Crippen molar-refractivity contribution in [2.24, 2.45) is 0 Å². The predicted octanol–water partition coefficient (Wildman–Crippen LogP) is 1.76. The maximum absolute atomic E-state index is 11.5. The molecule has 0 saturated carbocycles. The first-order chi connectivity index (χ1) is 8.61. The van der Waals surface area contributed by atoms with Gasteiger partial charge in [-0.3, -0.25) is 0 Å². The van der Waals surface area contributed by atoms with E-state index in [1.807, 2.05) is 6.92 Å². The molecule has 2 rings (SSSR count). The molecule has 0 unspecified atom stereocenters. The molecule has 18 heavy (non-hydrogen) atoms. The van der Waals surface area contributed by atoms with Gasteiger partial charge in [-0.25, -0.2) is 9.78 Å². The maximum Gasteiger partial charge on any atom is 0.340 e. The lowest BCUT2D eigenvalue weighted by atomic mass is 10.2. The zero-order chi connectivity index (χ0) is 13.1. The number of methoxy groups -OCH3 is 1. The van der Waals surface area contributed by atoms with Crippen LogP contribution in [0.4, 0.5) is 5.69 Å². The van der Waals surface area contributed by atoms with E-state index < -0.39 is 5.97 Å². The Hall–Kier alpha value is -1.67. The highest BCUT2D eigenvalue weighted by molar-refractivity contribution is 8.01. The van der Waals surface area contributed by atoms with Crippen LogP contribution in [-0.4, -0.2) is 28.3 Å². The van der Waals surface area contributed by atoms with Crippen molar-refractivity contribution in [3.8, 4) is 0 Å². The van der Waals surface area contributed by atoms with E-state index in [4.69, 9.17) is 5.73 Å². The van der Waals surface area contributed by atoms with Gasteiger partial charge in [0.1, 0.15) is 10.0 Å². The second-order valence-corrected chi connectivity index (χ2v) is 5.68. The smallest absolute Gasteiger partial charge is 0.340 e. The molecule has 0 aliphatic carbocycles. The van der Waals surface area contributed by atoms with Crippen molar-refractivity contribution in [1.29, 1.82) is 0 Å². The normalized spacial score (nSPS) is 10.3. The lowest BCUT2D eigenvalue weighted by molar-refractivity contribution is 0.0601. The highest BCUT2D eigenvalue weighted by atomic mass is 32.2. The molecule has 2 aromatic rings. The number of hydrogen-bond donors (Lipinski definition) is 1. The van der Waals surface area contributed by atoms with Gasteiger partial charge in [0, 0.05) is 6.20 Å². The van der Waals surface area contributed by atoms with E-state index in [0.717, 1.165) is 9.35 Å². The number of ether oxygens (including phenoxy) is 1. The number of carbonyl (C=O) groups is 1. The van der Waals surface area contributed by atoms with E-state index >= 15 is 0 Å². The van der Waals surface area contributed by atoms with Crippen molar-refractivity contribution < 1.29 is 9.53 Å². The van der Waals surface area contributed by atoms with Gasteiger partial charge < -0.3 is 10.5 Å². The molecule has 0 amide bonds. The monoisotopic (exact) mass is 282 g/mol. The zero-order valence-electron chi connectivity index (χ0n) is 9.71. The van der Waals surface area contributed by atoms with Crippen molar-refractivity contribution in [3.63, 3.8) is 0 Å². The molecule has 8 heteroatoms. The molecule has 0 aliphatic heterocycles. The van der Waals surface area contributed by atoms with Gasteiger partial charge >= 0.3 is 5.97 Å². The average Bonchev–Trinajstić information content (AvgIpc) is 2.76. The summed E-state index contributed by atoms with van der Waals surface area (Å²) in [4.78, 5) is 15.6. The minimum absolute atomic E-state index is 0.294. The third-order valence-electron chi connectivity index (χ3n) is 2.05. The number of nitrogens with zero attached hydrogens (tertiary/aromatic N) is 3. The molecule has 2 aromatic heterocycles. The van der Waals surface area contributed by atoms with Gasteiger partial charge in [0.15, 0.2) is 4.34 Å². The van der Waals surface area contributed by atoms with Crippen LogP contribution in [-0.2, 0) is 4.74 Å². The second kappa shape index (κ2) is 5.32. The first kappa shape index (κ1) is 12.8. The van der Waals surface area contributed by atoms with Gasteiger partial charge in [-0.05, 0) is 24.8 Å². The second-order valence-electron chi connectivity index (χ2n) is 3.26. The van der Waals surface area contributed by atoms with Gasteiger partial charge in [-0.15, -0.1) is 10.2 Å². The number of aromatic nitrogens is 3. The fraction of sp³-hybridized carbons (Fsp3) is 0.200. The molecular weight excluding hydrogens is 272 g/mol. The molecule has 2 heterocycles. The Morgan fingerprint density at radius 1 is 1.50 bits per heavy atom. The van der Waals surface area contributed by atoms with Crippen LogP contribution in [0, 0.1) is 6.92 Å². The van der Waals surface area contributed by atoms with Crippen LogP contribution in [0.1, 0.15) is 15.4 Å². The van der Waals surface area contributed by atoms with Crippen LogP contribution >= 0.6 is 23.1 Å². The van der Waals surface area contributed by atoms with Crippen molar-refractivity contribution in [1.82, 2.24) is 15.2 Å². The standard InChI is InChI=1S/C10H10N4O2S2/c1-5-13-14-10(17-5)18-8-7(11)6(3-4-12-8)9(15)16-2/h3-4H,11H2,1-2H3. The van der Waals surface area contributed by atoms with E-state index in [1.165, 1.54) is 42.5 Å². The van der Waals surface area contributed by atoms with Gasteiger partial charge in [-0.2, -0.15) is 0 Å². The first-order valence-electron chi connectivity index (χ1n) is 4.92. The van der Waals surface area contributed by atoms with Crippen LogP contribution in [0.3, 0.4) is 0 Å². The number of pyridine rings is 1. The summed E-state index contributed by atoms with van der Waals surface area (Å²) in [6, 6.07) is 1.52. The zero-order valence-corrected chi connectivity index (χ0v) is 11.3. The Bertz CT molecular complexity index is 585. The summed E-state index contributed by atoms with van der Waals surface area (Å²) in [5.41, 5.74) is 6.48. The van der Waals surface area contributed by atoms with Crippen molar-refractivity contribution in [2.75, 3.05) is 12.8 Å². The topological polar surface area (TPSA) is 91.0 Å². The fourth-order valence-corrected chi connectivity index (χ4v) is 2.99. The Labute approximate surface area is 112 Å². The minimum Gasteiger partial charge on any atom is -0.465 e. The van der Waals surface area contributed by atoms with Gasteiger partial charge in [0.2, 0.25) is 0 Å². The molecular formula is C10H10N4O2S2. The number of hydrogen-bond acceptors (Lipinski definition) is 8. The molecule has 2 N–H and O–H groups in total.